The van der Waals surface area contributed by atoms with Crippen LogP contribution in [0.2, 0.25) is 0 Å². The third-order valence-electron chi connectivity index (χ3n) is 3.58. The van der Waals surface area contributed by atoms with Crippen LogP contribution in [0.4, 0.5) is 0 Å². The van der Waals surface area contributed by atoms with E-state index in [-0.39, 0.29) is 11.8 Å². The molecule has 3 unspecified atom stereocenters. The number of amides is 1. The van der Waals surface area contributed by atoms with Gasteiger partial charge in [-0.2, -0.15) is 0 Å². The van der Waals surface area contributed by atoms with Crippen molar-refractivity contribution in [3.8, 4) is 0 Å². The molecule has 0 aromatic heterocycles. The zero-order valence-electron chi connectivity index (χ0n) is 11.0. The molecular formula is C13H23NO3. The third-order valence-corrected chi connectivity index (χ3v) is 3.58. The molecule has 1 saturated heterocycles. The van der Waals surface area contributed by atoms with E-state index < -0.39 is 12.0 Å². The summed E-state index contributed by atoms with van der Waals surface area (Å²) in [5.41, 5.74) is 0. The molecule has 17 heavy (non-hydrogen) atoms. The van der Waals surface area contributed by atoms with Crippen LogP contribution in [0, 0.1) is 11.8 Å². The lowest BCUT2D eigenvalue weighted by molar-refractivity contribution is -0.154. The highest BCUT2D eigenvalue weighted by Gasteiger charge is 2.35. The van der Waals surface area contributed by atoms with Crippen LogP contribution in [0.5, 0.6) is 0 Å². The number of hydrogen-bond acceptors (Lipinski definition) is 2. The van der Waals surface area contributed by atoms with Crippen LogP contribution in [-0.4, -0.2) is 34.5 Å². The Morgan fingerprint density at radius 2 is 2.12 bits per heavy atom. The number of carbonyl (C=O) groups excluding carboxylic acids is 1. The summed E-state index contributed by atoms with van der Waals surface area (Å²) in [4.78, 5) is 24.9. The highest BCUT2D eigenvalue weighted by molar-refractivity contribution is 5.85. The molecule has 1 N–H and O–H groups in total. The number of carboxylic acid groups (broad SMARTS) is 1. The Balaban J connectivity index is 2.72. The summed E-state index contributed by atoms with van der Waals surface area (Å²) >= 11 is 0. The smallest absolute Gasteiger partial charge is 0.326 e. The number of nitrogens with zero attached hydrogens (tertiary/aromatic N) is 1. The molecule has 1 aliphatic heterocycles. The number of likely N-dealkylation sites (tertiary alicyclic amines) is 1. The molecule has 1 fully saturated rings. The van der Waals surface area contributed by atoms with Crippen molar-refractivity contribution >= 4 is 11.9 Å². The minimum absolute atomic E-state index is 0.00569. The molecule has 0 aromatic rings. The summed E-state index contributed by atoms with van der Waals surface area (Å²) in [6, 6.07) is -0.620. The number of carboxylic acids is 1. The number of aliphatic carboxylic acids is 1. The fourth-order valence-corrected chi connectivity index (χ4v) is 2.48. The Bertz CT molecular complexity index is 290. The van der Waals surface area contributed by atoms with Gasteiger partial charge in [0.1, 0.15) is 6.04 Å². The van der Waals surface area contributed by atoms with Crippen LogP contribution in [0.25, 0.3) is 0 Å². The average Bonchev–Trinajstić information content (AvgIpc) is 2.28. The molecule has 0 aromatic carbocycles. The van der Waals surface area contributed by atoms with E-state index in [2.05, 4.69) is 0 Å². The molecule has 1 amide bonds. The second kappa shape index (κ2) is 6.03. The van der Waals surface area contributed by atoms with Gasteiger partial charge in [0.25, 0.3) is 0 Å². The topological polar surface area (TPSA) is 57.6 Å². The summed E-state index contributed by atoms with van der Waals surface area (Å²) in [5, 5.41) is 9.19. The Labute approximate surface area is 103 Å². The third kappa shape index (κ3) is 3.45. The van der Waals surface area contributed by atoms with E-state index in [1.54, 1.807) is 4.90 Å². The van der Waals surface area contributed by atoms with Gasteiger partial charge in [-0.15, -0.1) is 0 Å². The largest absolute Gasteiger partial charge is 0.480 e. The molecule has 3 atom stereocenters. The maximum Gasteiger partial charge on any atom is 0.326 e. The Morgan fingerprint density at radius 3 is 2.65 bits per heavy atom. The predicted molar refractivity (Wildman–Crippen MR) is 65.6 cm³/mol. The zero-order chi connectivity index (χ0) is 13.0. The average molecular weight is 241 g/mol. The molecule has 4 nitrogen and oxygen atoms in total. The normalized spacial score (nSPS) is 26.6. The van der Waals surface area contributed by atoms with Gasteiger partial charge in [-0.3, -0.25) is 4.79 Å². The van der Waals surface area contributed by atoms with Crippen LogP contribution in [0.1, 0.15) is 46.5 Å². The standard InChI is InChI=1S/C13H23NO3/c1-4-5-10(3)12(15)14-7-6-9(2)8-11(14)13(16)17/h9-11H,4-8H2,1-3H3,(H,16,17). The van der Waals surface area contributed by atoms with Gasteiger partial charge < -0.3 is 10.0 Å². The van der Waals surface area contributed by atoms with Gasteiger partial charge in [-0.05, 0) is 25.2 Å². The molecule has 0 bridgehead atoms. The minimum atomic E-state index is -0.867. The second-order valence-electron chi connectivity index (χ2n) is 5.20. The Morgan fingerprint density at radius 1 is 1.47 bits per heavy atom. The fourth-order valence-electron chi connectivity index (χ4n) is 2.48. The van der Waals surface area contributed by atoms with Crippen LogP contribution in [0.3, 0.4) is 0 Å². The van der Waals surface area contributed by atoms with Crippen LogP contribution in [0.15, 0.2) is 0 Å². The summed E-state index contributed by atoms with van der Waals surface area (Å²) in [7, 11) is 0. The van der Waals surface area contributed by atoms with Crippen molar-refractivity contribution in [1.82, 2.24) is 4.90 Å². The summed E-state index contributed by atoms with van der Waals surface area (Å²) < 4.78 is 0. The van der Waals surface area contributed by atoms with Crippen LogP contribution < -0.4 is 0 Å². The maximum atomic E-state index is 12.2. The van der Waals surface area contributed by atoms with Gasteiger partial charge in [-0.25, -0.2) is 4.79 Å². The highest BCUT2D eigenvalue weighted by atomic mass is 16.4. The Kier molecular flexibility index (Phi) is 4.97. The molecular weight excluding hydrogens is 218 g/mol. The first-order valence-corrected chi connectivity index (χ1v) is 6.50. The minimum Gasteiger partial charge on any atom is -0.480 e. The lowest BCUT2D eigenvalue weighted by Gasteiger charge is -2.37. The summed E-state index contributed by atoms with van der Waals surface area (Å²) in [5.74, 6) is -0.531. The monoisotopic (exact) mass is 241 g/mol. The molecule has 1 rings (SSSR count). The highest BCUT2D eigenvalue weighted by Crippen LogP contribution is 2.25. The van der Waals surface area contributed by atoms with Crippen molar-refractivity contribution < 1.29 is 14.7 Å². The van der Waals surface area contributed by atoms with Crippen molar-refractivity contribution in [2.75, 3.05) is 6.54 Å². The lowest BCUT2D eigenvalue weighted by atomic mass is 9.91. The lowest BCUT2D eigenvalue weighted by Crippen LogP contribution is -2.51. The molecule has 98 valence electrons. The van der Waals surface area contributed by atoms with Crippen molar-refractivity contribution in [2.24, 2.45) is 11.8 Å². The SMILES string of the molecule is CCCC(C)C(=O)N1CCC(C)CC1C(=O)O. The second-order valence-corrected chi connectivity index (χ2v) is 5.20. The van der Waals surface area contributed by atoms with Gasteiger partial charge in [0.05, 0.1) is 0 Å². The number of piperidine rings is 1. The van der Waals surface area contributed by atoms with Crippen LogP contribution in [-0.2, 0) is 9.59 Å². The number of hydrogen-bond donors (Lipinski definition) is 1. The molecule has 4 heteroatoms. The Hall–Kier alpha value is -1.06. The molecule has 0 radical (unpaired) electrons. The number of carbonyl (C=O) groups is 2. The first kappa shape index (κ1) is 14.0. The van der Waals surface area contributed by atoms with Gasteiger partial charge in [0.15, 0.2) is 0 Å². The van der Waals surface area contributed by atoms with Crippen molar-refractivity contribution in [3.05, 3.63) is 0 Å². The molecule has 0 aliphatic carbocycles. The molecule has 0 spiro atoms. The van der Waals surface area contributed by atoms with E-state index in [0.29, 0.717) is 18.9 Å². The van der Waals surface area contributed by atoms with E-state index in [4.69, 9.17) is 0 Å². The predicted octanol–water partition coefficient (Wildman–Crippen LogP) is 2.13. The maximum absolute atomic E-state index is 12.2. The quantitative estimate of drug-likeness (QED) is 0.820. The first-order valence-electron chi connectivity index (χ1n) is 6.50. The van der Waals surface area contributed by atoms with Crippen molar-refractivity contribution in [2.45, 2.75) is 52.5 Å². The van der Waals surface area contributed by atoms with E-state index >= 15 is 0 Å². The van der Waals surface area contributed by atoms with Crippen molar-refractivity contribution in [3.63, 3.8) is 0 Å². The summed E-state index contributed by atoms with van der Waals surface area (Å²) in [6.45, 7) is 6.57. The van der Waals surface area contributed by atoms with Crippen LogP contribution >= 0.6 is 0 Å². The number of rotatable bonds is 4. The van der Waals surface area contributed by atoms with E-state index in [1.165, 1.54) is 0 Å². The van der Waals surface area contributed by atoms with E-state index in [0.717, 1.165) is 19.3 Å². The summed E-state index contributed by atoms with van der Waals surface area (Å²) in [6.07, 6.45) is 3.28. The first-order chi connectivity index (χ1) is 7.97. The van der Waals surface area contributed by atoms with Crippen molar-refractivity contribution in [1.29, 1.82) is 0 Å². The van der Waals surface area contributed by atoms with E-state index in [9.17, 15) is 14.7 Å². The van der Waals surface area contributed by atoms with Gasteiger partial charge >= 0.3 is 5.97 Å². The molecule has 0 saturated carbocycles. The zero-order valence-corrected chi connectivity index (χ0v) is 11.0. The van der Waals surface area contributed by atoms with E-state index in [1.807, 2.05) is 20.8 Å². The van der Waals surface area contributed by atoms with Gasteiger partial charge in [0, 0.05) is 12.5 Å². The van der Waals surface area contributed by atoms with Gasteiger partial charge in [0.2, 0.25) is 5.91 Å². The molecule has 1 aliphatic rings. The van der Waals surface area contributed by atoms with Gasteiger partial charge in [-0.1, -0.05) is 27.2 Å². The molecule has 1 heterocycles. The fraction of sp³-hybridized carbons (Fsp3) is 0.846.